The second-order valence-electron chi connectivity index (χ2n) is 5.34. The maximum atomic E-state index is 5.44. The number of rotatable bonds is 10. The van der Waals surface area contributed by atoms with E-state index in [4.69, 9.17) is 12.2 Å². The van der Waals surface area contributed by atoms with Gasteiger partial charge >= 0.3 is 0 Å². The van der Waals surface area contributed by atoms with Crippen LogP contribution in [0.3, 0.4) is 0 Å². The summed E-state index contributed by atoms with van der Waals surface area (Å²) in [6.45, 7) is 4.65. The monoisotopic (exact) mass is 319 g/mol. The van der Waals surface area contributed by atoms with Crippen molar-refractivity contribution in [3.63, 3.8) is 0 Å². The number of hydrogen-bond donors (Lipinski definition) is 0. The summed E-state index contributed by atoms with van der Waals surface area (Å²) in [5, 5.41) is 0. The molecule has 0 bridgehead atoms. The topological polar surface area (TPSA) is 3.24 Å². The van der Waals surface area contributed by atoms with Gasteiger partial charge < -0.3 is 4.90 Å². The SMILES string of the molecule is CCCCCCCCCCSSC(=S)N1CCCC1. The van der Waals surface area contributed by atoms with Gasteiger partial charge in [-0.1, -0.05) is 74.9 Å². The Morgan fingerprint density at radius 3 is 2.16 bits per heavy atom. The summed E-state index contributed by atoms with van der Waals surface area (Å²) < 4.78 is 1.11. The Balaban J connectivity index is 1.79. The highest BCUT2D eigenvalue weighted by molar-refractivity contribution is 8.83. The molecule has 0 aromatic rings. The van der Waals surface area contributed by atoms with Crippen molar-refractivity contribution in [3.8, 4) is 0 Å². The minimum absolute atomic E-state index is 1.11. The third-order valence-corrected chi connectivity index (χ3v) is 6.70. The number of likely N-dealkylation sites (tertiary alicyclic amines) is 1. The van der Waals surface area contributed by atoms with Crippen LogP contribution < -0.4 is 0 Å². The van der Waals surface area contributed by atoms with Crippen LogP contribution in [0.15, 0.2) is 0 Å². The van der Waals surface area contributed by atoms with E-state index in [2.05, 4.69) is 11.8 Å². The molecule has 1 heterocycles. The standard InChI is InChI=1S/C15H29NS3/c1-2-3-4-5-6-7-8-11-14-18-19-15(17)16-12-9-10-13-16/h2-14H2,1H3. The Labute approximate surface area is 133 Å². The highest BCUT2D eigenvalue weighted by Gasteiger charge is 2.14. The van der Waals surface area contributed by atoms with E-state index >= 15 is 0 Å². The molecule has 0 N–H and O–H groups in total. The van der Waals surface area contributed by atoms with Crippen LogP contribution in [0.4, 0.5) is 0 Å². The molecule has 0 atom stereocenters. The Bertz CT molecular complexity index is 227. The first-order valence-corrected chi connectivity index (χ1v) is 10.7. The van der Waals surface area contributed by atoms with Gasteiger partial charge in [-0.2, -0.15) is 0 Å². The van der Waals surface area contributed by atoms with Gasteiger partial charge in [-0.05, 0) is 30.1 Å². The van der Waals surface area contributed by atoms with E-state index in [0.717, 1.165) is 4.32 Å². The lowest BCUT2D eigenvalue weighted by molar-refractivity contribution is 0.539. The summed E-state index contributed by atoms with van der Waals surface area (Å²) >= 11 is 5.44. The summed E-state index contributed by atoms with van der Waals surface area (Å²) in [6, 6.07) is 0. The van der Waals surface area contributed by atoms with Gasteiger partial charge in [0, 0.05) is 18.8 Å². The highest BCUT2D eigenvalue weighted by atomic mass is 33.1. The minimum Gasteiger partial charge on any atom is -0.357 e. The first kappa shape index (κ1) is 17.6. The third-order valence-electron chi connectivity index (χ3n) is 3.58. The number of unbranched alkanes of at least 4 members (excludes halogenated alkanes) is 7. The molecule has 4 heteroatoms. The van der Waals surface area contributed by atoms with Crippen LogP contribution in [-0.2, 0) is 0 Å². The molecule has 0 spiro atoms. The van der Waals surface area contributed by atoms with Crippen LogP contribution in [0, 0.1) is 0 Å². The molecule has 1 nitrogen and oxygen atoms in total. The van der Waals surface area contributed by atoms with Crippen LogP contribution in [0.25, 0.3) is 0 Å². The van der Waals surface area contributed by atoms with Crippen molar-refractivity contribution in [2.75, 3.05) is 18.8 Å². The van der Waals surface area contributed by atoms with E-state index in [1.807, 2.05) is 21.6 Å². The molecule has 0 aliphatic carbocycles. The molecule has 0 radical (unpaired) electrons. The van der Waals surface area contributed by atoms with Gasteiger partial charge in [0.05, 0.1) is 0 Å². The summed E-state index contributed by atoms with van der Waals surface area (Å²) in [6.07, 6.45) is 13.9. The molecule has 0 aromatic heterocycles. The van der Waals surface area contributed by atoms with Gasteiger partial charge in [-0.3, -0.25) is 0 Å². The first-order valence-electron chi connectivity index (χ1n) is 7.93. The summed E-state index contributed by atoms with van der Waals surface area (Å²) in [7, 11) is 3.78. The van der Waals surface area contributed by atoms with Crippen LogP contribution in [0.1, 0.15) is 71.1 Å². The Morgan fingerprint density at radius 2 is 1.53 bits per heavy atom. The molecule has 0 unspecified atom stereocenters. The van der Waals surface area contributed by atoms with Crippen molar-refractivity contribution in [1.29, 1.82) is 0 Å². The van der Waals surface area contributed by atoms with Crippen molar-refractivity contribution >= 4 is 38.1 Å². The van der Waals surface area contributed by atoms with Gasteiger partial charge in [0.1, 0.15) is 4.32 Å². The largest absolute Gasteiger partial charge is 0.357 e. The molecule has 1 aliphatic heterocycles. The van der Waals surface area contributed by atoms with Crippen LogP contribution in [0.2, 0.25) is 0 Å². The van der Waals surface area contributed by atoms with E-state index < -0.39 is 0 Å². The average Bonchev–Trinajstić information content (AvgIpc) is 2.95. The molecule has 1 aliphatic rings. The molecule has 0 saturated carbocycles. The molecular formula is C15H29NS3. The van der Waals surface area contributed by atoms with Crippen LogP contribution in [-0.4, -0.2) is 28.1 Å². The van der Waals surface area contributed by atoms with E-state index in [-0.39, 0.29) is 0 Å². The number of hydrogen-bond acceptors (Lipinski definition) is 3. The summed E-state index contributed by atoms with van der Waals surface area (Å²) in [5.74, 6) is 1.26. The normalized spacial score (nSPS) is 15.1. The van der Waals surface area contributed by atoms with E-state index in [1.54, 1.807) is 0 Å². The Kier molecular flexibility index (Phi) is 11.5. The zero-order valence-electron chi connectivity index (χ0n) is 12.4. The van der Waals surface area contributed by atoms with Gasteiger partial charge in [-0.15, -0.1) is 0 Å². The van der Waals surface area contributed by atoms with Crippen LogP contribution >= 0.6 is 33.8 Å². The fourth-order valence-corrected chi connectivity index (χ4v) is 4.97. The summed E-state index contributed by atoms with van der Waals surface area (Å²) in [4.78, 5) is 2.36. The van der Waals surface area contributed by atoms with Gasteiger partial charge in [-0.25, -0.2) is 0 Å². The van der Waals surface area contributed by atoms with E-state index in [0.29, 0.717) is 0 Å². The predicted molar refractivity (Wildman–Crippen MR) is 96.1 cm³/mol. The van der Waals surface area contributed by atoms with Gasteiger partial charge in [0.2, 0.25) is 0 Å². The molecule has 0 aromatic carbocycles. The lowest BCUT2D eigenvalue weighted by atomic mass is 10.1. The van der Waals surface area contributed by atoms with Gasteiger partial charge in [0.15, 0.2) is 0 Å². The van der Waals surface area contributed by atoms with E-state index in [1.165, 1.54) is 83.1 Å². The zero-order valence-corrected chi connectivity index (χ0v) is 14.8. The van der Waals surface area contributed by atoms with Crippen molar-refractivity contribution < 1.29 is 0 Å². The van der Waals surface area contributed by atoms with E-state index in [9.17, 15) is 0 Å². The average molecular weight is 320 g/mol. The number of nitrogens with zero attached hydrogens (tertiary/aromatic N) is 1. The molecular weight excluding hydrogens is 290 g/mol. The fourth-order valence-electron chi connectivity index (χ4n) is 2.34. The van der Waals surface area contributed by atoms with Crippen molar-refractivity contribution in [1.82, 2.24) is 4.90 Å². The van der Waals surface area contributed by atoms with Crippen molar-refractivity contribution in [2.45, 2.75) is 71.1 Å². The zero-order chi connectivity index (χ0) is 13.8. The van der Waals surface area contributed by atoms with Gasteiger partial charge in [0.25, 0.3) is 0 Å². The fraction of sp³-hybridized carbons (Fsp3) is 0.933. The quantitative estimate of drug-likeness (QED) is 0.280. The minimum atomic E-state index is 1.11. The predicted octanol–water partition coefficient (Wildman–Crippen LogP) is 5.89. The third kappa shape index (κ3) is 9.19. The molecule has 19 heavy (non-hydrogen) atoms. The van der Waals surface area contributed by atoms with Crippen molar-refractivity contribution in [2.24, 2.45) is 0 Å². The molecule has 112 valence electrons. The lowest BCUT2D eigenvalue weighted by Crippen LogP contribution is -2.22. The first-order chi connectivity index (χ1) is 9.34. The molecule has 0 amide bonds. The number of thiocarbonyl (C=S) groups is 1. The summed E-state index contributed by atoms with van der Waals surface area (Å²) in [5.41, 5.74) is 0. The van der Waals surface area contributed by atoms with Crippen molar-refractivity contribution in [3.05, 3.63) is 0 Å². The van der Waals surface area contributed by atoms with Crippen LogP contribution in [0.5, 0.6) is 0 Å². The lowest BCUT2D eigenvalue weighted by Gasteiger charge is -2.16. The smallest absolute Gasteiger partial charge is 0.147 e. The second-order valence-corrected chi connectivity index (χ2v) is 8.39. The molecule has 1 rings (SSSR count). The molecule has 1 fully saturated rings. The Morgan fingerprint density at radius 1 is 0.947 bits per heavy atom. The Hall–Kier alpha value is 0.590. The second kappa shape index (κ2) is 12.3. The maximum absolute atomic E-state index is 5.44. The molecule has 1 saturated heterocycles. The highest BCUT2D eigenvalue weighted by Crippen LogP contribution is 2.28. The maximum Gasteiger partial charge on any atom is 0.147 e.